The summed E-state index contributed by atoms with van der Waals surface area (Å²) in [6.07, 6.45) is 3.28. The van der Waals surface area contributed by atoms with Crippen LogP contribution >= 0.6 is 11.3 Å². The lowest BCUT2D eigenvalue weighted by molar-refractivity contribution is 0.0852. The topological polar surface area (TPSA) is 34.1 Å². The van der Waals surface area contributed by atoms with Crippen LogP contribution in [0, 0.1) is 0 Å². The van der Waals surface area contributed by atoms with Crippen molar-refractivity contribution in [2.45, 2.75) is 65.0 Å². The van der Waals surface area contributed by atoms with Crippen molar-refractivity contribution in [2.24, 2.45) is 0 Å². The number of hydrogen-bond donors (Lipinski definition) is 1. The molecule has 0 aromatic carbocycles. The van der Waals surface area contributed by atoms with Crippen molar-refractivity contribution in [1.29, 1.82) is 0 Å². The minimum Gasteiger partial charge on any atom is -0.381 e. The van der Waals surface area contributed by atoms with Crippen LogP contribution in [0.25, 0.3) is 0 Å². The summed E-state index contributed by atoms with van der Waals surface area (Å²) in [5.41, 5.74) is 1.44. The molecular formula is C15H26N2OS. The molecule has 108 valence electrons. The molecule has 3 nitrogen and oxygen atoms in total. The van der Waals surface area contributed by atoms with Crippen LogP contribution in [-0.4, -0.2) is 23.7 Å². The van der Waals surface area contributed by atoms with Crippen LogP contribution in [0.1, 0.15) is 62.0 Å². The van der Waals surface area contributed by atoms with Gasteiger partial charge in [-0.15, -0.1) is 11.3 Å². The van der Waals surface area contributed by atoms with Crippen molar-refractivity contribution >= 4 is 11.3 Å². The van der Waals surface area contributed by atoms with Gasteiger partial charge in [0.05, 0.1) is 10.7 Å². The number of thiazole rings is 1. The molecule has 0 aliphatic carbocycles. The predicted molar refractivity (Wildman–Crippen MR) is 80.9 cm³/mol. The van der Waals surface area contributed by atoms with E-state index in [1.165, 1.54) is 15.6 Å². The molecular weight excluding hydrogens is 256 g/mol. The first-order chi connectivity index (χ1) is 8.99. The summed E-state index contributed by atoms with van der Waals surface area (Å²) < 4.78 is 5.44. The van der Waals surface area contributed by atoms with Crippen LogP contribution in [0.3, 0.4) is 0 Å². The van der Waals surface area contributed by atoms with Crippen LogP contribution in [-0.2, 0) is 17.7 Å². The first kappa shape index (κ1) is 14.9. The molecule has 1 saturated heterocycles. The molecule has 0 spiro atoms. The first-order valence-electron chi connectivity index (χ1n) is 7.31. The second kappa shape index (κ2) is 6.33. The lowest BCUT2D eigenvalue weighted by Gasteiger charge is -2.20. The molecule has 1 fully saturated rings. The van der Waals surface area contributed by atoms with E-state index in [1.54, 1.807) is 0 Å². The Morgan fingerprint density at radius 2 is 2.00 bits per heavy atom. The highest BCUT2D eigenvalue weighted by molar-refractivity contribution is 7.11. The predicted octanol–water partition coefficient (Wildman–Crippen LogP) is 3.49. The first-order valence-corrected chi connectivity index (χ1v) is 8.12. The minimum atomic E-state index is 0.161. The van der Waals surface area contributed by atoms with Crippen LogP contribution in [0.15, 0.2) is 0 Å². The molecule has 1 N–H and O–H groups in total. The van der Waals surface area contributed by atoms with Gasteiger partial charge in [0.1, 0.15) is 0 Å². The van der Waals surface area contributed by atoms with Gasteiger partial charge in [-0.3, -0.25) is 0 Å². The van der Waals surface area contributed by atoms with Gasteiger partial charge in [0.25, 0.3) is 0 Å². The molecule has 0 unspecified atom stereocenters. The normalized spacial score (nSPS) is 17.9. The number of nitrogens with zero attached hydrogens (tertiary/aromatic N) is 1. The van der Waals surface area contributed by atoms with Gasteiger partial charge >= 0.3 is 0 Å². The molecule has 1 aromatic rings. The molecule has 0 bridgehead atoms. The van der Waals surface area contributed by atoms with E-state index in [4.69, 9.17) is 9.72 Å². The number of nitrogens with one attached hydrogen (secondary N) is 1. The van der Waals surface area contributed by atoms with E-state index in [1.807, 2.05) is 11.3 Å². The van der Waals surface area contributed by atoms with Crippen LogP contribution in [0.2, 0.25) is 0 Å². The molecule has 4 heteroatoms. The van der Waals surface area contributed by atoms with Gasteiger partial charge in [0.15, 0.2) is 0 Å². The fourth-order valence-corrected chi connectivity index (χ4v) is 3.55. The molecule has 1 aliphatic heterocycles. The number of rotatable bonds is 4. The summed E-state index contributed by atoms with van der Waals surface area (Å²) in [4.78, 5) is 6.29. The smallest absolute Gasteiger partial charge is 0.0964 e. The zero-order valence-electron chi connectivity index (χ0n) is 12.6. The summed E-state index contributed by atoms with van der Waals surface area (Å²) in [6, 6.07) is 0. The van der Waals surface area contributed by atoms with E-state index in [9.17, 15) is 0 Å². The summed E-state index contributed by atoms with van der Waals surface area (Å²) in [6.45, 7) is 11.5. The number of ether oxygens (including phenoxy) is 1. The second-order valence-electron chi connectivity index (χ2n) is 6.27. The maximum atomic E-state index is 5.44. The van der Waals surface area contributed by atoms with Gasteiger partial charge in [-0.1, -0.05) is 6.92 Å². The summed E-state index contributed by atoms with van der Waals surface area (Å²) in [5, 5.41) is 4.90. The maximum Gasteiger partial charge on any atom is 0.0964 e. The highest BCUT2D eigenvalue weighted by atomic mass is 32.1. The average Bonchev–Trinajstić information content (AvgIpc) is 2.80. The maximum absolute atomic E-state index is 5.44. The molecule has 2 rings (SSSR count). The van der Waals surface area contributed by atoms with E-state index in [2.05, 4.69) is 33.0 Å². The fourth-order valence-electron chi connectivity index (χ4n) is 2.28. The monoisotopic (exact) mass is 282 g/mol. The van der Waals surface area contributed by atoms with E-state index in [0.717, 1.165) is 39.0 Å². The van der Waals surface area contributed by atoms with Gasteiger partial charge in [0, 0.05) is 36.1 Å². The van der Waals surface area contributed by atoms with Crippen LogP contribution in [0.5, 0.6) is 0 Å². The van der Waals surface area contributed by atoms with Gasteiger partial charge in [0.2, 0.25) is 0 Å². The minimum absolute atomic E-state index is 0.161. The standard InChI is InChI=1S/C15H26N2OS/c1-5-12-13(10-16-15(2,3)4)19-14(17-12)11-6-8-18-9-7-11/h11,16H,5-10H2,1-4H3. The van der Waals surface area contributed by atoms with E-state index in [0.29, 0.717) is 5.92 Å². The third kappa shape index (κ3) is 4.26. The van der Waals surface area contributed by atoms with Crippen molar-refractivity contribution < 1.29 is 4.74 Å². The van der Waals surface area contributed by atoms with E-state index in [-0.39, 0.29) is 5.54 Å². The van der Waals surface area contributed by atoms with Crippen molar-refractivity contribution in [3.05, 3.63) is 15.6 Å². The molecule has 0 amide bonds. The van der Waals surface area contributed by atoms with Crippen LogP contribution < -0.4 is 5.32 Å². The van der Waals surface area contributed by atoms with Gasteiger partial charge in [-0.2, -0.15) is 0 Å². The Kier molecular flexibility index (Phi) is 4.98. The fraction of sp³-hybridized carbons (Fsp3) is 0.800. The quantitative estimate of drug-likeness (QED) is 0.918. The van der Waals surface area contributed by atoms with E-state index < -0.39 is 0 Å². The van der Waals surface area contributed by atoms with Crippen molar-refractivity contribution in [1.82, 2.24) is 10.3 Å². The Bertz CT molecular complexity index is 403. The largest absolute Gasteiger partial charge is 0.381 e. The Morgan fingerprint density at radius 3 is 2.58 bits per heavy atom. The molecule has 2 heterocycles. The number of hydrogen-bond acceptors (Lipinski definition) is 4. The Morgan fingerprint density at radius 1 is 1.32 bits per heavy atom. The Balaban J connectivity index is 2.07. The zero-order chi connectivity index (χ0) is 13.9. The third-order valence-electron chi connectivity index (χ3n) is 3.48. The second-order valence-corrected chi connectivity index (χ2v) is 7.38. The van der Waals surface area contributed by atoms with Gasteiger partial charge in [-0.25, -0.2) is 4.98 Å². The molecule has 0 atom stereocenters. The molecule has 0 saturated carbocycles. The van der Waals surface area contributed by atoms with Crippen LogP contribution in [0.4, 0.5) is 0 Å². The molecule has 0 radical (unpaired) electrons. The van der Waals surface area contributed by atoms with Crippen molar-refractivity contribution in [2.75, 3.05) is 13.2 Å². The van der Waals surface area contributed by atoms with Gasteiger partial charge < -0.3 is 10.1 Å². The Hall–Kier alpha value is -0.450. The van der Waals surface area contributed by atoms with E-state index >= 15 is 0 Å². The summed E-state index contributed by atoms with van der Waals surface area (Å²) >= 11 is 1.90. The van der Waals surface area contributed by atoms with Crippen molar-refractivity contribution in [3.8, 4) is 0 Å². The third-order valence-corrected chi connectivity index (χ3v) is 4.74. The lowest BCUT2D eigenvalue weighted by atomic mass is 10.0. The lowest BCUT2D eigenvalue weighted by Crippen LogP contribution is -2.35. The Labute approximate surface area is 120 Å². The van der Waals surface area contributed by atoms with Crippen molar-refractivity contribution in [3.63, 3.8) is 0 Å². The number of aromatic nitrogens is 1. The SMILES string of the molecule is CCc1nc(C2CCOCC2)sc1CNC(C)(C)C. The number of aryl methyl sites for hydroxylation is 1. The molecule has 1 aliphatic rings. The molecule has 1 aromatic heterocycles. The van der Waals surface area contributed by atoms with Gasteiger partial charge in [-0.05, 0) is 40.0 Å². The summed E-state index contributed by atoms with van der Waals surface area (Å²) in [5.74, 6) is 0.618. The molecule has 19 heavy (non-hydrogen) atoms. The zero-order valence-corrected chi connectivity index (χ0v) is 13.4. The highest BCUT2D eigenvalue weighted by Crippen LogP contribution is 2.32. The summed E-state index contributed by atoms with van der Waals surface area (Å²) in [7, 11) is 0. The highest BCUT2D eigenvalue weighted by Gasteiger charge is 2.21. The average molecular weight is 282 g/mol.